The lowest BCUT2D eigenvalue weighted by molar-refractivity contribution is -0.00814. The number of hydrogen-bond donors (Lipinski definition) is 1. The molecule has 10 nitrogen and oxygen atoms in total. The van der Waals surface area contributed by atoms with Gasteiger partial charge in [-0.15, -0.1) is 0 Å². The van der Waals surface area contributed by atoms with Gasteiger partial charge in [-0.05, 0) is 58.9 Å². The Labute approximate surface area is 266 Å². The molecule has 1 amide bonds. The van der Waals surface area contributed by atoms with E-state index < -0.39 is 10.0 Å². The maximum absolute atomic E-state index is 13.8. The van der Waals surface area contributed by atoms with Crippen molar-refractivity contribution < 1.29 is 32.2 Å². The van der Waals surface area contributed by atoms with Gasteiger partial charge in [0.1, 0.15) is 5.75 Å². The van der Waals surface area contributed by atoms with Gasteiger partial charge >= 0.3 is 0 Å². The van der Waals surface area contributed by atoms with Crippen molar-refractivity contribution in [1.82, 2.24) is 0 Å². The molecule has 1 fully saturated rings. The van der Waals surface area contributed by atoms with E-state index in [0.29, 0.717) is 56.4 Å². The number of nitrogens with zero attached hydrogens (tertiary/aromatic N) is 2. The van der Waals surface area contributed by atoms with E-state index >= 15 is 0 Å². The van der Waals surface area contributed by atoms with Crippen LogP contribution in [0.5, 0.6) is 5.75 Å². The van der Waals surface area contributed by atoms with E-state index in [9.17, 15) is 13.2 Å². The van der Waals surface area contributed by atoms with E-state index in [1.807, 2.05) is 12.1 Å². The molecule has 45 heavy (non-hydrogen) atoms. The van der Waals surface area contributed by atoms with E-state index in [-0.39, 0.29) is 23.8 Å². The maximum Gasteiger partial charge on any atom is 0.258 e. The van der Waals surface area contributed by atoms with Gasteiger partial charge in [-0.3, -0.25) is 9.52 Å². The molecule has 2 aliphatic heterocycles. The number of nitrogens with one attached hydrogen (secondary N) is 1. The summed E-state index contributed by atoms with van der Waals surface area (Å²) in [5.74, 6) is 0.158. The predicted octanol–water partition coefficient (Wildman–Crippen LogP) is 5.06. The number of anilines is 3. The smallest absolute Gasteiger partial charge is 0.258 e. The van der Waals surface area contributed by atoms with E-state index in [1.165, 1.54) is 11.3 Å². The molecule has 1 N–H and O–H groups in total. The first-order valence-electron chi connectivity index (χ1n) is 15.2. The number of benzene rings is 3. The third kappa shape index (κ3) is 7.96. The van der Waals surface area contributed by atoms with Gasteiger partial charge in [-0.25, -0.2) is 8.42 Å². The average molecular weight is 638 g/mol. The number of sulfonamides is 1. The fourth-order valence-corrected chi connectivity index (χ4v) is 6.17. The van der Waals surface area contributed by atoms with Crippen molar-refractivity contribution in [3.8, 4) is 16.9 Å². The Hall–Kier alpha value is -3.64. The van der Waals surface area contributed by atoms with Gasteiger partial charge in [-0.2, -0.15) is 0 Å². The first kappa shape index (κ1) is 32.7. The van der Waals surface area contributed by atoms with E-state index in [0.717, 1.165) is 36.0 Å². The molecule has 2 heterocycles. The summed E-state index contributed by atoms with van der Waals surface area (Å²) in [7, 11) is -2.03. The summed E-state index contributed by atoms with van der Waals surface area (Å²) in [6, 6.07) is 17.8. The van der Waals surface area contributed by atoms with Crippen LogP contribution in [0.15, 0.2) is 54.6 Å². The Kier molecular flexibility index (Phi) is 10.0. The predicted molar refractivity (Wildman–Crippen MR) is 177 cm³/mol. The largest absolute Gasteiger partial charge is 0.465 e. The van der Waals surface area contributed by atoms with E-state index in [1.54, 1.807) is 30.2 Å². The van der Waals surface area contributed by atoms with Crippen LogP contribution in [0, 0.1) is 0 Å². The summed E-state index contributed by atoms with van der Waals surface area (Å²) in [5, 5.41) is 0. The zero-order valence-electron chi connectivity index (χ0n) is 26.7. The number of carbonyl (C=O) groups excluding carboxylic acids is 1. The molecule has 3 aromatic rings. The van der Waals surface area contributed by atoms with Crippen molar-refractivity contribution in [2.45, 2.75) is 32.6 Å². The van der Waals surface area contributed by atoms with Crippen LogP contribution in [0.3, 0.4) is 0 Å². The number of amides is 1. The van der Waals surface area contributed by atoms with E-state index in [4.69, 9.17) is 18.9 Å². The Morgan fingerprint density at radius 3 is 2.40 bits per heavy atom. The molecule has 0 unspecified atom stereocenters. The molecular weight excluding hydrogens is 594 g/mol. The van der Waals surface area contributed by atoms with Gasteiger partial charge in [-0.1, -0.05) is 45.0 Å². The van der Waals surface area contributed by atoms with Crippen LogP contribution in [-0.4, -0.2) is 80.5 Å². The van der Waals surface area contributed by atoms with Gasteiger partial charge in [0.2, 0.25) is 10.0 Å². The van der Waals surface area contributed by atoms with Crippen molar-refractivity contribution >= 4 is 33.0 Å². The van der Waals surface area contributed by atoms with Gasteiger partial charge in [0.05, 0.1) is 38.4 Å². The minimum atomic E-state index is -3.61. The maximum atomic E-state index is 13.8. The molecule has 0 aliphatic carbocycles. The molecule has 242 valence electrons. The van der Waals surface area contributed by atoms with Crippen LogP contribution >= 0.6 is 0 Å². The monoisotopic (exact) mass is 637 g/mol. The van der Waals surface area contributed by atoms with E-state index in [2.05, 4.69) is 54.7 Å². The second-order valence-corrected chi connectivity index (χ2v) is 14.1. The number of carbonyl (C=O) groups is 1. The summed E-state index contributed by atoms with van der Waals surface area (Å²) < 4.78 is 48.4. The first-order valence-corrected chi connectivity index (χ1v) is 17.1. The number of morpholine rings is 1. The zero-order valence-corrected chi connectivity index (χ0v) is 27.5. The molecule has 1 saturated heterocycles. The lowest BCUT2D eigenvalue weighted by Crippen LogP contribution is -2.37. The van der Waals surface area contributed by atoms with Crippen LogP contribution in [0.25, 0.3) is 11.1 Å². The third-order valence-electron chi connectivity index (χ3n) is 8.01. The highest BCUT2D eigenvalue weighted by Crippen LogP contribution is 2.38. The standard InChI is InChI=1S/C34H43N3O7S/c1-34(2,3)26-7-10-28(31(21-26)36-14-16-42-17-15-36)24-6-9-29-25(20-24)12-13-37(33(29)38)27-8-11-32(44-23-43-19-18-41-4)30(22-27)35-45(5,39)40/h6-11,20-22,35H,12-19,23H2,1-5H3. The molecule has 11 heteroatoms. The third-order valence-corrected chi connectivity index (χ3v) is 8.60. The molecule has 0 radical (unpaired) electrons. The molecule has 0 aromatic heterocycles. The second kappa shape index (κ2) is 13.8. The summed E-state index contributed by atoms with van der Waals surface area (Å²) in [5.41, 5.74) is 7.12. The normalized spacial score (nSPS) is 15.6. The first-order chi connectivity index (χ1) is 21.4. The molecule has 0 spiro atoms. The molecule has 0 saturated carbocycles. The van der Waals surface area contributed by atoms with Crippen LogP contribution in [0.2, 0.25) is 0 Å². The Morgan fingerprint density at radius 2 is 1.69 bits per heavy atom. The van der Waals surface area contributed by atoms with Crippen LogP contribution < -0.4 is 19.3 Å². The molecule has 5 rings (SSSR count). The number of ether oxygens (including phenoxy) is 4. The summed E-state index contributed by atoms with van der Waals surface area (Å²) in [6.45, 7) is 10.9. The van der Waals surface area contributed by atoms with Gasteiger partial charge in [0.25, 0.3) is 5.91 Å². The minimum absolute atomic E-state index is 0.0180. The topological polar surface area (TPSA) is 107 Å². The van der Waals surface area contributed by atoms with Crippen molar-refractivity contribution in [1.29, 1.82) is 0 Å². The quantitative estimate of drug-likeness (QED) is 0.230. The van der Waals surface area contributed by atoms with Crippen LogP contribution in [-0.2, 0) is 36.1 Å². The zero-order chi connectivity index (χ0) is 32.2. The summed E-state index contributed by atoms with van der Waals surface area (Å²) in [6.07, 6.45) is 1.72. The number of hydrogen-bond acceptors (Lipinski definition) is 8. The molecule has 0 atom stereocenters. The van der Waals surface area contributed by atoms with Gasteiger partial charge < -0.3 is 28.7 Å². The molecule has 3 aromatic carbocycles. The lowest BCUT2D eigenvalue weighted by Gasteiger charge is -2.33. The van der Waals surface area contributed by atoms with Crippen LogP contribution in [0.4, 0.5) is 17.1 Å². The van der Waals surface area contributed by atoms with Crippen molar-refractivity contribution in [3.05, 3.63) is 71.3 Å². The average Bonchev–Trinajstić information content (AvgIpc) is 3.00. The Morgan fingerprint density at radius 1 is 0.933 bits per heavy atom. The highest BCUT2D eigenvalue weighted by Gasteiger charge is 2.28. The lowest BCUT2D eigenvalue weighted by atomic mass is 9.85. The number of methoxy groups -OCH3 is 1. The van der Waals surface area contributed by atoms with Gasteiger partial charge in [0.15, 0.2) is 6.79 Å². The summed E-state index contributed by atoms with van der Waals surface area (Å²) in [4.78, 5) is 17.9. The highest BCUT2D eigenvalue weighted by molar-refractivity contribution is 7.92. The van der Waals surface area contributed by atoms with Crippen molar-refractivity contribution in [3.63, 3.8) is 0 Å². The minimum Gasteiger partial charge on any atom is -0.465 e. The number of rotatable bonds is 11. The second-order valence-electron chi connectivity index (χ2n) is 12.4. The van der Waals surface area contributed by atoms with Crippen molar-refractivity contribution in [2.24, 2.45) is 0 Å². The molecular formula is C34H43N3O7S. The number of fused-ring (bicyclic) bond motifs is 1. The van der Waals surface area contributed by atoms with Crippen molar-refractivity contribution in [2.75, 3.05) is 80.7 Å². The highest BCUT2D eigenvalue weighted by atomic mass is 32.2. The molecule has 0 bridgehead atoms. The fraction of sp³-hybridized carbons (Fsp3) is 0.441. The Balaban J connectivity index is 1.41. The SMILES string of the molecule is COCCOCOc1ccc(N2CCc3cc(-c4ccc(C(C)(C)C)cc4N4CCOCC4)ccc3C2=O)cc1NS(C)(=O)=O. The summed E-state index contributed by atoms with van der Waals surface area (Å²) >= 11 is 0. The Bertz CT molecular complexity index is 1630. The van der Waals surface area contributed by atoms with Gasteiger partial charge in [0, 0.05) is 49.2 Å². The molecule has 2 aliphatic rings. The van der Waals surface area contributed by atoms with Crippen LogP contribution in [0.1, 0.15) is 42.3 Å². The fourth-order valence-electron chi connectivity index (χ4n) is 5.61.